The van der Waals surface area contributed by atoms with Crippen LogP contribution in [0.2, 0.25) is 10.0 Å². The zero-order valence-electron chi connectivity index (χ0n) is 13.3. The fourth-order valence-corrected chi connectivity index (χ4v) is 2.92. The number of carboxylic acids is 1. The highest BCUT2D eigenvalue weighted by molar-refractivity contribution is 9.10. The molecule has 8 heteroatoms. The summed E-state index contributed by atoms with van der Waals surface area (Å²) in [6.45, 7) is 0.409. The fraction of sp³-hybridized carbons (Fsp3) is 0.235. The summed E-state index contributed by atoms with van der Waals surface area (Å²) in [7, 11) is 1.55. The van der Waals surface area contributed by atoms with Crippen molar-refractivity contribution in [1.29, 1.82) is 0 Å². The number of aliphatic carboxylic acids is 1. The number of rotatable bonds is 8. The number of ether oxygens (including phenoxy) is 2. The number of carboxylic acid groups (broad SMARTS) is 1. The SMILES string of the molecule is COc1ccc(Br)c(CNCC(=O)O)c1OCc1ccc(Cl)c(Cl)c1. The summed E-state index contributed by atoms with van der Waals surface area (Å²) in [6.07, 6.45) is 0. The van der Waals surface area contributed by atoms with E-state index in [-0.39, 0.29) is 13.2 Å². The van der Waals surface area contributed by atoms with E-state index in [0.29, 0.717) is 28.1 Å². The first kappa shape index (κ1) is 19.8. The molecule has 2 N–H and O–H groups in total. The van der Waals surface area contributed by atoms with Gasteiger partial charge in [0.15, 0.2) is 11.5 Å². The van der Waals surface area contributed by atoms with E-state index in [1.54, 1.807) is 25.3 Å². The molecule has 0 heterocycles. The molecule has 2 rings (SSSR count). The molecule has 0 bridgehead atoms. The number of hydrogen-bond acceptors (Lipinski definition) is 4. The molecule has 0 aliphatic rings. The molecule has 0 aliphatic carbocycles. The van der Waals surface area contributed by atoms with Gasteiger partial charge < -0.3 is 19.9 Å². The molecular weight excluding hydrogens is 433 g/mol. The largest absolute Gasteiger partial charge is 0.493 e. The van der Waals surface area contributed by atoms with Crippen molar-refractivity contribution in [1.82, 2.24) is 5.32 Å². The molecule has 0 radical (unpaired) electrons. The highest BCUT2D eigenvalue weighted by Crippen LogP contribution is 2.37. The Morgan fingerprint density at radius 3 is 2.64 bits per heavy atom. The summed E-state index contributed by atoms with van der Waals surface area (Å²) in [6, 6.07) is 8.85. The molecule has 0 aliphatic heterocycles. The second kappa shape index (κ2) is 9.29. The maximum Gasteiger partial charge on any atom is 0.317 e. The average molecular weight is 449 g/mol. The van der Waals surface area contributed by atoms with Crippen molar-refractivity contribution in [3.05, 3.63) is 56.0 Å². The third-order valence-corrected chi connectivity index (χ3v) is 4.81. The average Bonchev–Trinajstić information content (AvgIpc) is 2.57. The van der Waals surface area contributed by atoms with Crippen LogP contribution in [0.1, 0.15) is 11.1 Å². The molecule has 2 aromatic carbocycles. The molecule has 0 unspecified atom stereocenters. The third-order valence-electron chi connectivity index (χ3n) is 3.33. The zero-order chi connectivity index (χ0) is 18.4. The Balaban J connectivity index is 2.22. The molecular formula is C17H16BrCl2NO4. The molecule has 0 atom stereocenters. The maximum absolute atomic E-state index is 10.7. The molecule has 0 saturated heterocycles. The summed E-state index contributed by atoms with van der Waals surface area (Å²) in [5.41, 5.74) is 1.61. The van der Waals surface area contributed by atoms with E-state index in [9.17, 15) is 4.79 Å². The van der Waals surface area contributed by atoms with Crippen molar-refractivity contribution in [2.45, 2.75) is 13.2 Å². The molecule has 0 fully saturated rings. The third kappa shape index (κ3) is 5.51. The molecule has 2 aromatic rings. The van der Waals surface area contributed by atoms with E-state index in [4.69, 9.17) is 37.8 Å². The molecule has 25 heavy (non-hydrogen) atoms. The van der Waals surface area contributed by atoms with Crippen LogP contribution in [0, 0.1) is 0 Å². The summed E-state index contributed by atoms with van der Waals surface area (Å²) >= 11 is 15.4. The van der Waals surface area contributed by atoms with Crippen LogP contribution in [-0.4, -0.2) is 24.7 Å². The standard InChI is InChI=1S/C17H16BrCl2NO4/c1-24-15-5-3-12(18)11(7-21-8-16(22)23)17(15)25-9-10-2-4-13(19)14(20)6-10/h2-6,21H,7-9H2,1H3,(H,22,23). The second-order valence-electron chi connectivity index (χ2n) is 5.09. The summed E-state index contributed by atoms with van der Waals surface area (Å²) < 4.78 is 12.1. The minimum atomic E-state index is -0.933. The second-order valence-corrected chi connectivity index (χ2v) is 6.76. The van der Waals surface area contributed by atoms with Gasteiger partial charge >= 0.3 is 5.97 Å². The van der Waals surface area contributed by atoms with Gasteiger partial charge in [-0.15, -0.1) is 0 Å². The van der Waals surface area contributed by atoms with Gasteiger partial charge in [-0.05, 0) is 29.8 Å². The first-order valence-corrected chi connectivity index (χ1v) is 8.82. The van der Waals surface area contributed by atoms with E-state index in [1.165, 1.54) is 0 Å². The van der Waals surface area contributed by atoms with E-state index >= 15 is 0 Å². The van der Waals surface area contributed by atoms with Crippen LogP contribution < -0.4 is 14.8 Å². The van der Waals surface area contributed by atoms with Gasteiger partial charge in [-0.1, -0.05) is 45.2 Å². The van der Waals surface area contributed by atoms with E-state index in [0.717, 1.165) is 15.6 Å². The van der Waals surface area contributed by atoms with Gasteiger partial charge in [0, 0.05) is 16.6 Å². The van der Waals surface area contributed by atoms with Gasteiger partial charge in [0.2, 0.25) is 0 Å². The lowest BCUT2D eigenvalue weighted by molar-refractivity contribution is -0.136. The van der Waals surface area contributed by atoms with Gasteiger partial charge in [-0.2, -0.15) is 0 Å². The van der Waals surface area contributed by atoms with Crippen molar-refractivity contribution < 1.29 is 19.4 Å². The normalized spacial score (nSPS) is 10.6. The summed E-state index contributed by atoms with van der Waals surface area (Å²) in [5, 5.41) is 12.5. The van der Waals surface area contributed by atoms with Gasteiger partial charge in [-0.25, -0.2) is 0 Å². The lowest BCUT2D eigenvalue weighted by Gasteiger charge is -2.17. The van der Waals surface area contributed by atoms with Crippen LogP contribution in [0.3, 0.4) is 0 Å². The van der Waals surface area contributed by atoms with Crippen molar-refractivity contribution >= 4 is 45.1 Å². The Morgan fingerprint density at radius 2 is 2.00 bits per heavy atom. The van der Waals surface area contributed by atoms with E-state index in [2.05, 4.69) is 21.2 Å². The van der Waals surface area contributed by atoms with Gasteiger partial charge in [0.25, 0.3) is 0 Å². The predicted molar refractivity (Wildman–Crippen MR) is 101 cm³/mol. The Bertz CT molecular complexity index is 771. The minimum Gasteiger partial charge on any atom is -0.493 e. The van der Waals surface area contributed by atoms with E-state index in [1.807, 2.05) is 12.1 Å². The van der Waals surface area contributed by atoms with Crippen molar-refractivity contribution in [2.24, 2.45) is 0 Å². The predicted octanol–water partition coefficient (Wildman–Crippen LogP) is 4.52. The van der Waals surface area contributed by atoms with Crippen LogP contribution in [0.4, 0.5) is 0 Å². The van der Waals surface area contributed by atoms with Gasteiger partial charge in [0.05, 0.1) is 23.7 Å². The number of hydrogen-bond donors (Lipinski definition) is 2. The first-order valence-electron chi connectivity index (χ1n) is 7.27. The molecule has 0 spiro atoms. The van der Waals surface area contributed by atoms with Gasteiger partial charge in [0.1, 0.15) is 6.61 Å². The Hall–Kier alpha value is -1.47. The fourth-order valence-electron chi connectivity index (χ4n) is 2.15. The van der Waals surface area contributed by atoms with Crippen molar-refractivity contribution in [3.8, 4) is 11.5 Å². The van der Waals surface area contributed by atoms with E-state index < -0.39 is 5.97 Å². The number of methoxy groups -OCH3 is 1. The number of carbonyl (C=O) groups is 1. The maximum atomic E-state index is 10.7. The summed E-state index contributed by atoms with van der Waals surface area (Å²) in [4.78, 5) is 10.7. The first-order chi connectivity index (χ1) is 11.9. The monoisotopic (exact) mass is 447 g/mol. The Morgan fingerprint density at radius 1 is 1.24 bits per heavy atom. The van der Waals surface area contributed by atoms with Crippen LogP contribution in [0.25, 0.3) is 0 Å². The minimum absolute atomic E-state index is 0.157. The van der Waals surface area contributed by atoms with Crippen LogP contribution >= 0.6 is 39.1 Å². The highest BCUT2D eigenvalue weighted by atomic mass is 79.9. The van der Waals surface area contributed by atoms with Crippen LogP contribution in [0.15, 0.2) is 34.8 Å². The van der Waals surface area contributed by atoms with Crippen molar-refractivity contribution in [3.63, 3.8) is 0 Å². The quantitative estimate of drug-likeness (QED) is 0.621. The van der Waals surface area contributed by atoms with Crippen molar-refractivity contribution in [2.75, 3.05) is 13.7 Å². The van der Waals surface area contributed by atoms with Crippen LogP contribution in [-0.2, 0) is 17.9 Å². The Labute approximate surface area is 164 Å². The number of halogens is 3. The number of nitrogens with one attached hydrogen (secondary N) is 1. The Kier molecular flexibility index (Phi) is 7.38. The van der Waals surface area contributed by atoms with Crippen LogP contribution in [0.5, 0.6) is 11.5 Å². The highest BCUT2D eigenvalue weighted by Gasteiger charge is 2.15. The summed E-state index contributed by atoms with van der Waals surface area (Å²) in [5.74, 6) is 0.147. The molecule has 134 valence electrons. The lowest BCUT2D eigenvalue weighted by Crippen LogP contribution is -2.22. The number of benzene rings is 2. The lowest BCUT2D eigenvalue weighted by atomic mass is 10.1. The molecule has 0 amide bonds. The van der Waals surface area contributed by atoms with Gasteiger partial charge in [-0.3, -0.25) is 4.79 Å². The topological polar surface area (TPSA) is 67.8 Å². The molecule has 0 aromatic heterocycles. The zero-order valence-corrected chi connectivity index (χ0v) is 16.4. The smallest absolute Gasteiger partial charge is 0.317 e. The molecule has 5 nitrogen and oxygen atoms in total. The molecule has 0 saturated carbocycles.